The molecule has 0 aliphatic carbocycles. The van der Waals surface area contributed by atoms with Gasteiger partial charge >= 0.3 is 91.8 Å². The summed E-state index contributed by atoms with van der Waals surface area (Å²) in [6.07, 6.45) is 6.57. The van der Waals surface area contributed by atoms with Crippen LogP contribution in [0.25, 0.3) is 0 Å². The second-order valence-corrected chi connectivity index (χ2v) is 10.7. The molecule has 5 heteroatoms. The first kappa shape index (κ1) is 14.2. The number of nitrogens with zero attached hydrogens (tertiary/aromatic N) is 3. The van der Waals surface area contributed by atoms with Crippen LogP contribution in [-0.4, -0.2) is 43.5 Å². The van der Waals surface area contributed by atoms with E-state index in [4.69, 9.17) is 15.3 Å². The molecule has 15 heavy (non-hydrogen) atoms. The SMILES string of the molecule is CCP(C)(CC)(CCOC)N(C#N)C#N. The van der Waals surface area contributed by atoms with Crippen molar-refractivity contribution in [2.24, 2.45) is 0 Å². The summed E-state index contributed by atoms with van der Waals surface area (Å²) in [5.41, 5.74) is 0. The summed E-state index contributed by atoms with van der Waals surface area (Å²) < 4.78 is 6.43. The van der Waals surface area contributed by atoms with Gasteiger partial charge in [0.2, 0.25) is 0 Å². The van der Waals surface area contributed by atoms with E-state index in [1.165, 1.54) is 4.67 Å². The Balaban J connectivity index is 5.19. The van der Waals surface area contributed by atoms with E-state index in [1.54, 1.807) is 7.11 Å². The summed E-state index contributed by atoms with van der Waals surface area (Å²) in [5.74, 6) is 0. The predicted octanol–water partition coefficient (Wildman–Crippen LogP) is 2.03. The van der Waals surface area contributed by atoms with E-state index in [1.807, 2.05) is 12.4 Å². The number of nitriles is 2. The normalized spacial score (nSPS) is 13.3. The van der Waals surface area contributed by atoms with Gasteiger partial charge in [0, 0.05) is 0 Å². The van der Waals surface area contributed by atoms with Crippen LogP contribution in [0.2, 0.25) is 0 Å². The van der Waals surface area contributed by atoms with Crippen molar-refractivity contribution in [2.45, 2.75) is 13.8 Å². The second-order valence-electron chi connectivity index (χ2n) is 4.10. The number of rotatable bonds is 6. The van der Waals surface area contributed by atoms with E-state index in [-0.39, 0.29) is 0 Å². The molecule has 0 N–H and O–H groups in total. The van der Waals surface area contributed by atoms with E-state index in [0.29, 0.717) is 6.61 Å². The molecule has 0 aromatic rings. The van der Waals surface area contributed by atoms with Gasteiger partial charge in [0.1, 0.15) is 0 Å². The first-order chi connectivity index (χ1) is 7.01. The Bertz CT molecular complexity index is 274. The van der Waals surface area contributed by atoms with E-state index in [2.05, 4.69) is 20.5 Å². The number of hydrogen-bond acceptors (Lipinski definition) is 4. The maximum absolute atomic E-state index is 9.03. The molecule has 0 spiro atoms. The molecule has 0 aromatic carbocycles. The molecule has 0 saturated carbocycles. The minimum absolute atomic E-state index is 0.607. The molecular weight excluding hydrogens is 209 g/mol. The zero-order chi connectivity index (χ0) is 12.0. The average Bonchev–Trinajstić information content (AvgIpc) is 2.28. The van der Waals surface area contributed by atoms with Crippen molar-refractivity contribution in [3.8, 4) is 12.4 Å². The molecule has 0 saturated heterocycles. The number of methoxy groups -OCH3 is 1. The molecule has 0 rings (SSSR count). The summed E-state index contributed by atoms with van der Waals surface area (Å²) in [5, 5.41) is 18.1. The third-order valence-corrected chi connectivity index (χ3v) is 10.1. The van der Waals surface area contributed by atoms with Crippen molar-refractivity contribution in [1.82, 2.24) is 4.67 Å². The van der Waals surface area contributed by atoms with E-state index in [9.17, 15) is 0 Å². The number of hydrogen-bond donors (Lipinski definition) is 0. The summed E-state index contributed by atoms with van der Waals surface area (Å²) in [4.78, 5) is 0. The molecule has 0 heterocycles. The first-order valence-corrected chi connectivity index (χ1v) is 8.29. The van der Waals surface area contributed by atoms with Crippen LogP contribution in [0.4, 0.5) is 0 Å². The van der Waals surface area contributed by atoms with Crippen LogP contribution in [0.15, 0.2) is 0 Å². The van der Waals surface area contributed by atoms with Gasteiger partial charge in [-0.15, -0.1) is 0 Å². The van der Waals surface area contributed by atoms with Gasteiger partial charge < -0.3 is 0 Å². The van der Waals surface area contributed by atoms with Crippen molar-refractivity contribution in [1.29, 1.82) is 10.5 Å². The monoisotopic (exact) mass is 229 g/mol. The fourth-order valence-corrected chi connectivity index (χ4v) is 4.69. The molecule has 0 aromatic heterocycles. The Labute approximate surface area is 92.4 Å². The summed E-state index contributed by atoms with van der Waals surface area (Å²) in [6, 6.07) is 0. The van der Waals surface area contributed by atoms with Gasteiger partial charge in [0.05, 0.1) is 0 Å². The molecule has 0 unspecified atom stereocenters. The standard InChI is InChI=1S/C10H20N3OP/c1-5-15(4,6-2,8-7-14-3)13(9-11)10-12/h5-8H2,1-4H3. The van der Waals surface area contributed by atoms with E-state index in [0.717, 1.165) is 18.5 Å². The van der Waals surface area contributed by atoms with Gasteiger partial charge in [-0.1, -0.05) is 0 Å². The second kappa shape index (κ2) is 5.31. The van der Waals surface area contributed by atoms with Gasteiger partial charge in [0.25, 0.3) is 0 Å². The summed E-state index contributed by atoms with van der Waals surface area (Å²) in [7, 11) is 1.65. The fraction of sp³-hybridized carbons (Fsp3) is 0.800. The molecule has 4 nitrogen and oxygen atoms in total. The van der Waals surface area contributed by atoms with Gasteiger partial charge in [-0.25, -0.2) is 0 Å². The van der Waals surface area contributed by atoms with Crippen LogP contribution in [0, 0.1) is 22.9 Å². The Morgan fingerprint density at radius 1 is 1.20 bits per heavy atom. The van der Waals surface area contributed by atoms with Crippen molar-refractivity contribution < 1.29 is 4.74 Å². The molecule has 0 amide bonds. The first-order valence-electron chi connectivity index (χ1n) is 5.10. The molecule has 0 radical (unpaired) electrons. The van der Waals surface area contributed by atoms with Gasteiger partial charge in [-0.05, 0) is 0 Å². The third-order valence-electron chi connectivity index (χ3n) is 3.56. The predicted molar refractivity (Wildman–Crippen MR) is 63.7 cm³/mol. The van der Waals surface area contributed by atoms with Crippen molar-refractivity contribution >= 4 is 6.75 Å². The molecule has 86 valence electrons. The van der Waals surface area contributed by atoms with Crippen molar-refractivity contribution in [2.75, 3.05) is 38.9 Å². The Morgan fingerprint density at radius 3 is 1.93 bits per heavy atom. The van der Waals surface area contributed by atoms with Crippen LogP contribution in [0.3, 0.4) is 0 Å². The Hall–Kier alpha value is -0.830. The van der Waals surface area contributed by atoms with Crippen LogP contribution >= 0.6 is 6.75 Å². The fourth-order valence-electron chi connectivity index (χ4n) is 1.58. The van der Waals surface area contributed by atoms with Crippen LogP contribution in [-0.2, 0) is 4.74 Å². The van der Waals surface area contributed by atoms with Crippen molar-refractivity contribution in [3.05, 3.63) is 0 Å². The summed E-state index contributed by atoms with van der Waals surface area (Å²) >= 11 is 0. The van der Waals surface area contributed by atoms with E-state index < -0.39 is 6.75 Å². The van der Waals surface area contributed by atoms with Crippen LogP contribution in [0.5, 0.6) is 0 Å². The quantitative estimate of drug-likeness (QED) is 0.397. The van der Waals surface area contributed by atoms with Crippen LogP contribution in [0.1, 0.15) is 13.8 Å². The molecule has 0 bridgehead atoms. The Kier molecular flexibility index (Phi) is 5.01. The molecule has 0 aliphatic heterocycles. The van der Waals surface area contributed by atoms with Gasteiger partial charge in [0.15, 0.2) is 0 Å². The van der Waals surface area contributed by atoms with Crippen molar-refractivity contribution in [3.63, 3.8) is 0 Å². The van der Waals surface area contributed by atoms with E-state index >= 15 is 0 Å². The zero-order valence-corrected chi connectivity index (χ0v) is 10.9. The minimum atomic E-state index is -2.39. The molecular formula is C10H20N3OP. The van der Waals surface area contributed by atoms with Crippen LogP contribution < -0.4 is 0 Å². The average molecular weight is 229 g/mol. The zero-order valence-electron chi connectivity index (χ0n) is 10.0. The number of ether oxygens (including phenoxy) is 1. The molecule has 0 aliphatic rings. The molecule has 0 atom stereocenters. The molecule has 0 fully saturated rings. The summed E-state index contributed by atoms with van der Waals surface area (Å²) in [6.45, 7) is 4.42. The Morgan fingerprint density at radius 2 is 1.67 bits per heavy atom. The topological polar surface area (TPSA) is 60.0 Å². The van der Waals surface area contributed by atoms with Gasteiger partial charge in [-0.2, -0.15) is 0 Å². The third kappa shape index (κ3) is 2.59. The maximum atomic E-state index is 9.03. The van der Waals surface area contributed by atoms with Gasteiger partial charge in [-0.3, -0.25) is 0 Å².